The largest absolute Gasteiger partial charge is 0.416 e. The van der Waals surface area contributed by atoms with E-state index in [1.165, 1.54) is 29.8 Å². The molecule has 3 aromatic rings. The standard InChI is InChI=1S/C21H18F3N3OS/c22-21(23,24)16-5-3-4-15(14-16)8-9-19(28)26-10-12-27(13-11-26)20-17-6-1-2-7-18(17)29-25-20/h1-9,14H,10-13H2. The van der Waals surface area contributed by atoms with Gasteiger partial charge in [-0.2, -0.15) is 17.5 Å². The van der Waals surface area contributed by atoms with Crippen LogP contribution >= 0.6 is 11.5 Å². The van der Waals surface area contributed by atoms with Crippen molar-refractivity contribution in [3.8, 4) is 0 Å². The van der Waals surface area contributed by atoms with Crippen LogP contribution in [0.5, 0.6) is 0 Å². The first-order chi connectivity index (χ1) is 13.9. The lowest BCUT2D eigenvalue weighted by Crippen LogP contribution is -2.48. The van der Waals surface area contributed by atoms with Crippen LogP contribution in [0.3, 0.4) is 0 Å². The summed E-state index contributed by atoms with van der Waals surface area (Å²) in [6.45, 7) is 2.41. The highest BCUT2D eigenvalue weighted by molar-refractivity contribution is 7.13. The molecule has 0 saturated carbocycles. The monoisotopic (exact) mass is 417 g/mol. The number of halogens is 3. The molecule has 150 valence electrons. The van der Waals surface area contributed by atoms with E-state index < -0.39 is 11.7 Å². The van der Waals surface area contributed by atoms with Crippen molar-refractivity contribution in [2.24, 2.45) is 0 Å². The van der Waals surface area contributed by atoms with Crippen molar-refractivity contribution < 1.29 is 18.0 Å². The second-order valence-corrected chi connectivity index (χ2v) is 7.58. The third kappa shape index (κ3) is 4.27. The molecule has 4 rings (SSSR count). The third-order valence-electron chi connectivity index (χ3n) is 4.88. The van der Waals surface area contributed by atoms with Crippen LogP contribution in [0.25, 0.3) is 16.2 Å². The molecule has 29 heavy (non-hydrogen) atoms. The number of amides is 1. The summed E-state index contributed by atoms with van der Waals surface area (Å²) < 4.78 is 44.1. The quantitative estimate of drug-likeness (QED) is 0.581. The van der Waals surface area contributed by atoms with E-state index in [1.807, 2.05) is 24.3 Å². The predicted molar refractivity (Wildman–Crippen MR) is 109 cm³/mol. The highest BCUT2D eigenvalue weighted by Crippen LogP contribution is 2.31. The average Bonchev–Trinajstić information content (AvgIpc) is 3.16. The first-order valence-electron chi connectivity index (χ1n) is 9.15. The fraction of sp³-hybridized carbons (Fsp3) is 0.238. The van der Waals surface area contributed by atoms with Gasteiger partial charge in [-0.1, -0.05) is 24.3 Å². The van der Waals surface area contributed by atoms with Crippen molar-refractivity contribution in [3.63, 3.8) is 0 Å². The van der Waals surface area contributed by atoms with E-state index in [1.54, 1.807) is 11.0 Å². The number of carbonyl (C=O) groups excluding carboxylic acids is 1. The van der Waals surface area contributed by atoms with Gasteiger partial charge in [-0.15, -0.1) is 0 Å². The van der Waals surface area contributed by atoms with E-state index >= 15 is 0 Å². The summed E-state index contributed by atoms with van der Waals surface area (Å²) in [7, 11) is 0. The van der Waals surface area contributed by atoms with Crippen molar-refractivity contribution in [2.75, 3.05) is 31.1 Å². The van der Waals surface area contributed by atoms with Gasteiger partial charge >= 0.3 is 6.18 Å². The number of fused-ring (bicyclic) bond motifs is 1. The second kappa shape index (κ2) is 7.87. The molecule has 1 amide bonds. The average molecular weight is 417 g/mol. The molecule has 0 unspecified atom stereocenters. The number of benzene rings is 2. The van der Waals surface area contributed by atoms with Gasteiger partial charge in [0, 0.05) is 37.6 Å². The van der Waals surface area contributed by atoms with Crippen molar-refractivity contribution in [1.82, 2.24) is 9.27 Å². The van der Waals surface area contributed by atoms with Crippen LogP contribution in [0.1, 0.15) is 11.1 Å². The first-order valence-corrected chi connectivity index (χ1v) is 9.93. The molecule has 2 aromatic carbocycles. The van der Waals surface area contributed by atoms with Crippen LogP contribution < -0.4 is 4.90 Å². The Morgan fingerprint density at radius 1 is 1.03 bits per heavy atom. The second-order valence-electron chi connectivity index (χ2n) is 6.77. The molecule has 1 fully saturated rings. The van der Waals surface area contributed by atoms with E-state index in [-0.39, 0.29) is 5.91 Å². The maximum absolute atomic E-state index is 12.8. The number of carbonyl (C=O) groups is 1. The Morgan fingerprint density at radius 2 is 1.79 bits per heavy atom. The molecule has 1 aliphatic rings. The zero-order valence-corrected chi connectivity index (χ0v) is 16.2. The Morgan fingerprint density at radius 3 is 2.55 bits per heavy atom. The first kappa shape index (κ1) is 19.4. The molecule has 1 aromatic heterocycles. The molecular weight excluding hydrogens is 399 g/mol. The van der Waals surface area contributed by atoms with Gasteiger partial charge in [0.2, 0.25) is 5.91 Å². The van der Waals surface area contributed by atoms with Crippen LogP contribution in [0, 0.1) is 0 Å². The fourth-order valence-corrected chi connectivity index (χ4v) is 4.13. The Hall–Kier alpha value is -2.87. The number of piperazine rings is 1. The van der Waals surface area contributed by atoms with Gasteiger partial charge in [0.15, 0.2) is 0 Å². The Bertz CT molecular complexity index is 1050. The third-order valence-corrected chi connectivity index (χ3v) is 5.70. The summed E-state index contributed by atoms with van der Waals surface area (Å²) in [5.74, 6) is 0.738. The van der Waals surface area contributed by atoms with Crippen molar-refractivity contribution in [1.29, 1.82) is 0 Å². The van der Waals surface area contributed by atoms with E-state index in [0.29, 0.717) is 31.7 Å². The number of rotatable bonds is 3. The maximum Gasteiger partial charge on any atom is 0.416 e. The maximum atomic E-state index is 12.8. The Labute approximate surface area is 170 Å². The Balaban J connectivity index is 1.39. The van der Waals surface area contributed by atoms with Crippen LogP contribution in [0.2, 0.25) is 0 Å². The van der Waals surface area contributed by atoms with Gasteiger partial charge in [0.05, 0.1) is 10.3 Å². The number of aromatic nitrogens is 1. The zero-order valence-electron chi connectivity index (χ0n) is 15.4. The minimum atomic E-state index is -4.40. The highest BCUT2D eigenvalue weighted by atomic mass is 32.1. The number of anilines is 1. The summed E-state index contributed by atoms with van der Waals surface area (Å²) in [6, 6.07) is 13.0. The van der Waals surface area contributed by atoms with Crippen LogP contribution in [0.4, 0.5) is 19.0 Å². The van der Waals surface area contributed by atoms with Crippen molar-refractivity contribution >= 4 is 39.4 Å². The highest BCUT2D eigenvalue weighted by Gasteiger charge is 2.30. The topological polar surface area (TPSA) is 36.4 Å². The number of hydrogen-bond donors (Lipinski definition) is 0. The summed E-state index contributed by atoms with van der Waals surface area (Å²) in [6.07, 6.45) is -1.63. The SMILES string of the molecule is O=C(C=Cc1cccc(C(F)(F)F)c1)N1CCN(c2nsc3ccccc23)CC1. The van der Waals surface area contributed by atoms with Crippen molar-refractivity contribution in [3.05, 3.63) is 65.7 Å². The number of alkyl halides is 3. The molecule has 0 bridgehead atoms. The van der Waals surface area contributed by atoms with Gasteiger partial charge in [-0.3, -0.25) is 4.79 Å². The smallest absolute Gasteiger partial charge is 0.352 e. The van der Waals surface area contributed by atoms with Crippen LogP contribution in [0.15, 0.2) is 54.6 Å². The lowest BCUT2D eigenvalue weighted by atomic mass is 10.1. The van der Waals surface area contributed by atoms with E-state index in [9.17, 15) is 18.0 Å². The lowest BCUT2D eigenvalue weighted by molar-refractivity contribution is -0.137. The number of nitrogens with zero attached hydrogens (tertiary/aromatic N) is 3. The van der Waals surface area contributed by atoms with Gasteiger partial charge in [-0.05, 0) is 47.4 Å². The predicted octanol–water partition coefficient (Wildman–Crippen LogP) is 4.68. The number of hydrogen-bond acceptors (Lipinski definition) is 4. The summed E-state index contributed by atoms with van der Waals surface area (Å²) >= 11 is 1.46. The van der Waals surface area contributed by atoms with Gasteiger partial charge in [0.25, 0.3) is 0 Å². The van der Waals surface area contributed by atoms with E-state index in [0.717, 1.165) is 28.0 Å². The van der Waals surface area contributed by atoms with Gasteiger partial charge < -0.3 is 9.80 Å². The summed E-state index contributed by atoms with van der Waals surface area (Å²) in [5, 5.41) is 1.11. The van der Waals surface area contributed by atoms with Crippen LogP contribution in [-0.4, -0.2) is 41.4 Å². The molecule has 0 atom stereocenters. The molecule has 8 heteroatoms. The van der Waals surface area contributed by atoms with E-state index in [4.69, 9.17) is 0 Å². The summed E-state index contributed by atoms with van der Waals surface area (Å²) in [5.41, 5.74) is -0.378. The van der Waals surface area contributed by atoms with E-state index in [2.05, 4.69) is 9.27 Å². The summed E-state index contributed by atoms with van der Waals surface area (Å²) in [4.78, 5) is 16.3. The molecular formula is C21H18F3N3OS. The fourth-order valence-electron chi connectivity index (χ4n) is 3.33. The molecule has 4 nitrogen and oxygen atoms in total. The molecule has 0 spiro atoms. The van der Waals surface area contributed by atoms with Crippen LogP contribution in [-0.2, 0) is 11.0 Å². The molecule has 2 heterocycles. The van der Waals surface area contributed by atoms with Gasteiger partial charge in [0.1, 0.15) is 5.82 Å². The van der Waals surface area contributed by atoms with Gasteiger partial charge in [-0.25, -0.2) is 0 Å². The minimum Gasteiger partial charge on any atom is -0.352 e. The molecule has 0 aliphatic carbocycles. The normalized spacial score (nSPS) is 15.4. The molecule has 1 aliphatic heterocycles. The molecule has 0 radical (unpaired) electrons. The molecule has 1 saturated heterocycles. The minimum absolute atomic E-state index is 0.204. The Kier molecular flexibility index (Phi) is 5.27. The molecule has 0 N–H and O–H groups in total. The lowest BCUT2D eigenvalue weighted by Gasteiger charge is -2.34. The van der Waals surface area contributed by atoms with Crippen molar-refractivity contribution in [2.45, 2.75) is 6.18 Å². The zero-order chi connectivity index (χ0) is 20.4.